The average molecular weight is 370 g/mol. The molecule has 2 fully saturated rings. The van der Waals surface area contributed by atoms with Crippen LogP contribution in [0.25, 0.3) is 11.0 Å². The van der Waals surface area contributed by atoms with Gasteiger partial charge in [0.05, 0.1) is 7.11 Å². The first kappa shape index (κ1) is 18.4. The molecular weight excluding hydrogens is 340 g/mol. The molecule has 1 amide bonds. The van der Waals surface area contributed by atoms with Crippen molar-refractivity contribution in [3.8, 4) is 5.75 Å². The van der Waals surface area contributed by atoms with Crippen LogP contribution in [0.5, 0.6) is 5.75 Å². The summed E-state index contributed by atoms with van der Waals surface area (Å²) in [4.78, 5) is 12.6. The summed E-state index contributed by atoms with van der Waals surface area (Å²) in [6.45, 7) is 0.786. The maximum atomic E-state index is 12.6. The Morgan fingerprint density at radius 2 is 1.78 bits per heavy atom. The molecule has 2 aromatic rings. The highest BCUT2D eigenvalue weighted by atomic mass is 16.5. The molecule has 146 valence electrons. The van der Waals surface area contributed by atoms with E-state index in [1.807, 2.05) is 12.1 Å². The van der Waals surface area contributed by atoms with Crippen molar-refractivity contribution < 1.29 is 13.9 Å². The van der Waals surface area contributed by atoms with Crippen LogP contribution in [0.4, 0.5) is 0 Å². The lowest BCUT2D eigenvalue weighted by Gasteiger charge is -2.23. The minimum absolute atomic E-state index is 0.119. The molecule has 1 aromatic heterocycles. The van der Waals surface area contributed by atoms with Gasteiger partial charge in [0.25, 0.3) is 5.91 Å². The second kappa shape index (κ2) is 8.34. The summed E-state index contributed by atoms with van der Waals surface area (Å²) in [6, 6.07) is 6.75. The van der Waals surface area contributed by atoms with Gasteiger partial charge in [-0.2, -0.15) is 0 Å². The van der Waals surface area contributed by atoms with Crippen molar-refractivity contribution in [2.75, 3.05) is 7.11 Å². The zero-order valence-corrected chi connectivity index (χ0v) is 16.2. The van der Waals surface area contributed by atoms with Crippen LogP contribution in [-0.4, -0.2) is 25.1 Å². The van der Waals surface area contributed by atoms with Gasteiger partial charge in [0, 0.05) is 24.0 Å². The van der Waals surface area contributed by atoms with E-state index in [1.54, 1.807) is 7.11 Å². The van der Waals surface area contributed by atoms with E-state index in [2.05, 4.69) is 16.7 Å². The van der Waals surface area contributed by atoms with Gasteiger partial charge in [0.2, 0.25) is 0 Å². The van der Waals surface area contributed by atoms with Crippen LogP contribution < -0.4 is 15.4 Å². The normalized spacial score (nSPS) is 18.9. The number of nitrogens with one attached hydrogen (secondary N) is 2. The summed E-state index contributed by atoms with van der Waals surface area (Å²) in [5.74, 6) is 0.929. The largest absolute Gasteiger partial charge is 0.493 e. The van der Waals surface area contributed by atoms with Gasteiger partial charge < -0.3 is 19.8 Å². The number of fused-ring (bicyclic) bond motifs is 1. The lowest BCUT2D eigenvalue weighted by atomic mass is 9.95. The molecule has 0 bridgehead atoms. The van der Waals surface area contributed by atoms with Crippen LogP contribution in [0.15, 0.2) is 22.6 Å². The molecular formula is C22H30N2O3. The molecule has 2 saturated carbocycles. The second-order valence-corrected chi connectivity index (χ2v) is 7.95. The quantitative estimate of drug-likeness (QED) is 0.784. The molecule has 0 aliphatic heterocycles. The molecule has 0 radical (unpaired) electrons. The van der Waals surface area contributed by atoms with Gasteiger partial charge >= 0.3 is 0 Å². The number of ether oxygens (including phenoxy) is 1. The van der Waals surface area contributed by atoms with Crippen LogP contribution in [0.2, 0.25) is 0 Å². The maximum Gasteiger partial charge on any atom is 0.287 e. The predicted molar refractivity (Wildman–Crippen MR) is 106 cm³/mol. The fourth-order valence-electron chi connectivity index (χ4n) is 4.47. The number of carbonyl (C=O) groups excluding carboxylic acids is 1. The standard InChI is InChI=1S/C22H30N2O3/c1-26-19-12-11-15(14-23-16-7-3-2-4-8-16)18-13-20(27-21(18)19)22(25)24-17-9-5-6-10-17/h11-13,16-17,23H,2-10,14H2,1H3,(H,24,25). The van der Waals surface area contributed by atoms with Gasteiger partial charge in [0.1, 0.15) is 0 Å². The molecule has 1 aromatic carbocycles. The summed E-state index contributed by atoms with van der Waals surface area (Å²) < 4.78 is 11.4. The number of methoxy groups -OCH3 is 1. The Morgan fingerprint density at radius 1 is 1.07 bits per heavy atom. The third-order valence-electron chi connectivity index (χ3n) is 6.06. The Balaban J connectivity index is 1.54. The van der Waals surface area contributed by atoms with Gasteiger partial charge in [-0.05, 0) is 43.4 Å². The number of benzene rings is 1. The summed E-state index contributed by atoms with van der Waals surface area (Å²) in [7, 11) is 1.63. The molecule has 2 aliphatic carbocycles. The Labute approximate surface area is 160 Å². The van der Waals surface area contributed by atoms with E-state index < -0.39 is 0 Å². The summed E-state index contributed by atoms with van der Waals surface area (Å²) in [5.41, 5.74) is 1.82. The molecule has 2 aliphatic rings. The van der Waals surface area contributed by atoms with E-state index in [1.165, 1.54) is 44.9 Å². The van der Waals surface area contributed by atoms with E-state index in [-0.39, 0.29) is 11.9 Å². The zero-order chi connectivity index (χ0) is 18.6. The summed E-state index contributed by atoms with van der Waals surface area (Å²) in [5, 5.41) is 7.76. The minimum atomic E-state index is -0.119. The van der Waals surface area contributed by atoms with Crippen LogP contribution >= 0.6 is 0 Å². The SMILES string of the molecule is COc1ccc(CNC2CCCCC2)c2cc(C(=O)NC3CCCC3)oc12. The fourth-order valence-corrected chi connectivity index (χ4v) is 4.47. The zero-order valence-electron chi connectivity index (χ0n) is 16.2. The molecule has 0 saturated heterocycles. The number of hydrogen-bond donors (Lipinski definition) is 2. The molecule has 5 heteroatoms. The van der Waals surface area contributed by atoms with E-state index in [4.69, 9.17) is 9.15 Å². The minimum Gasteiger partial charge on any atom is -0.493 e. The number of rotatable bonds is 6. The average Bonchev–Trinajstić information content (AvgIpc) is 3.37. The van der Waals surface area contributed by atoms with Gasteiger partial charge in [-0.3, -0.25) is 4.79 Å². The maximum absolute atomic E-state index is 12.6. The third-order valence-corrected chi connectivity index (χ3v) is 6.06. The molecule has 27 heavy (non-hydrogen) atoms. The molecule has 0 atom stereocenters. The van der Waals surface area contributed by atoms with Crippen LogP contribution in [0.1, 0.15) is 73.9 Å². The molecule has 4 rings (SSSR count). The van der Waals surface area contributed by atoms with Gasteiger partial charge in [-0.25, -0.2) is 0 Å². The van der Waals surface area contributed by atoms with E-state index >= 15 is 0 Å². The Bertz CT molecular complexity index is 786. The van der Waals surface area contributed by atoms with Crippen molar-refractivity contribution in [3.63, 3.8) is 0 Å². The Hall–Kier alpha value is -2.01. The predicted octanol–water partition coefficient (Wildman–Crippen LogP) is 4.54. The lowest BCUT2D eigenvalue weighted by Crippen LogP contribution is -2.32. The molecule has 1 heterocycles. The van der Waals surface area contributed by atoms with Crippen LogP contribution in [0, 0.1) is 0 Å². The number of furan rings is 1. The number of carbonyl (C=O) groups is 1. The van der Waals surface area contributed by atoms with Gasteiger partial charge in [0.15, 0.2) is 17.1 Å². The topological polar surface area (TPSA) is 63.5 Å². The van der Waals surface area contributed by atoms with Crippen molar-refractivity contribution in [3.05, 3.63) is 29.5 Å². The first-order valence-corrected chi connectivity index (χ1v) is 10.4. The second-order valence-electron chi connectivity index (χ2n) is 7.95. The summed E-state index contributed by atoms with van der Waals surface area (Å²) in [6.07, 6.45) is 11.0. The highest BCUT2D eigenvalue weighted by molar-refractivity contribution is 5.98. The van der Waals surface area contributed by atoms with E-state index in [0.29, 0.717) is 23.1 Å². The highest BCUT2D eigenvalue weighted by Gasteiger charge is 2.22. The van der Waals surface area contributed by atoms with Crippen molar-refractivity contribution in [2.45, 2.75) is 76.4 Å². The van der Waals surface area contributed by atoms with Gasteiger partial charge in [-0.15, -0.1) is 0 Å². The first-order valence-electron chi connectivity index (χ1n) is 10.4. The Morgan fingerprint density at radius 3 is 2.52 bits per heavy atom. The lowest BCUT2D eigenvalue weighted by molar-refractivity contribution is 0.0912. The molecule has 5 nitrogen and oxygen atoms in total. The van der Waals surface area contributed by atoms with Gasteiger partial charge in [-0.1, -0.05) is 38.2 Å². The number of hydrogen-bond acceptors (Lipinski definition) is 4. The third kappa shape index (κ3) is 4.13. The highest BCUT2D eigenvalue weighted by Crippen LogP contribution is 2.32. The fraction of sp³-hybridized carbons (Fsp3) is 0.591. The molecule has 0 spiro atoms. The smallest absolute Gasteiger partial charge is 0.287 e. The van der Waals surface area contributed by atoms with Crippen molar-refractivity contribution in [1.29, 1.82) is 0 Å². The first-order chi connectivity index (χ1) is 13.2. The summed E-state index contributed by atoms with van der Waals surface area (Å²) >= 11 is 0. The Kier molecular flexibility index (Phi) is 5.67. The molecule has 0 unspecified atom stereocenters. The monoisotopic (exact) mass is 370 g/mol. The molecule has 2 N–H and O–H groups in total. The van der Waals surface area contributed by atoms with Crippen LogP contribution in [-0.2, 0) is 6.54 Å². The number of amides is 1. The van der Waals surface area contributed by atoms with E-state index in [0.717, 1.165) is 30.3 Å². The van der Waals surface area contributed by atoms with Crippen LogP contribution in [0.3, 0.4) is 0 Å². The van der Waals surface area contributed by atoms with Crippen molar-refractivity contribution in [2.24, 2.45) is 0 Å². The van der Waals surface area contributed by atoms with Crippen molar-refractivity contribution >= 4 is 16.9 Å². The van der Waals surface area contributed by atoms with E-state index in [9.17, 15) is 4.79 Å². The van der Waals surface area contributed by atoms with Crippen molar-refractivity contribution in [1.82, 2.24) is 10.6 Å².